The fraction of sp³-hybridized carbons (Fsp3) is 0.214. The third-order valence-corrected chi connectivity index (χ3v) is 7.19. The van der Waals surface area contributed by atoms with Crippen LogP contribution in [0.2, 0.25) is 0 Å². The van der Waals surface area contributed by atoms with E-state index in [4.69, 9.17) is 4.98 Å². The van der Waals surface area contributed by atoms with E-state index >= 15 is 0 Å². The number of carbonyl (C=O) groups excluding carboxylic acids is 1. The minimum Gasteiger partial charge on any atom is -0.345 e. The van der Waals surface area contributed by atoms with Crippen LogP contribution in [-0.4, -0.2) is 29.6 Å². The number of aromatic nitrogens is 1. The van der Waals surface area contributed by atoms with Crippen LogP contribution in [0.15, 0.2) is 78.9 Å². The molecule has 2 N–H and O–H groups in total. The van der Waals surface area contributed by atoms with E-state index in [1.54, 1.807) is 30.3 Å². The fourth-order valence-electron chi connectivity index (χ4n) is 4.64. The first-order valence-corrected chi connectivity index (χ1v) is 13.4. The van der Waals surface area contributed by atoms with Crippen molar-refractivity contribution in [3.8, 4) is 11.3 Å². The number of nitrogens with one attached hydrogen (secondary N) is 1. The zero-order valence-electron chi connectivity index (χ0n) is 19.4. The van der Waals surface area contributed by atoms with Gasteiger partial charge in [-0.15, -0.1) is 0 Å². The number of pyridine rings is 1. The molecule has 1 aromatic heterocycles. The first kappa shape index (κ1) is 24.1. The van der Waals surface area contributed by atoms with E-state index < -0.39 is 21.8 Å². The van der Waals surface area contributed by atoms with Crippen molar-refractivity contribution in [2.75, 3.05) is 5.75 Å². The maximum Gasteiger partial charge on any atom is 0.265 e. The number of nitrogens with zero attached hydrogens (tertiary/aromatic N) is 1. The summed E-state index contributed by atoms with van der Waals surface area (Å²) in [6.07, 6.45) is 1.74. The van der Waals surface area contributed by atoms with Gasteiger partial charge in [0.1, 0.15) is 5.82 Å². The largest absolute Gasteiger partial charge is 0.345 e. The summed E-state index contributed by atoms with van der Waals surface area (Å²) in [7, 11) is -4.29. The molecule has 1 heterocycles. The number of carbonyl (C=O) groups is 1. The number of benzene rings is 3. The van der Waals surface area contributed by atoms with Crippen molar-refractivity contribution in [3.05, 3.63) is 101 Å². The monoisotopic (exact) mass is 504 g/mol. The fourth-order valence-corrected chi connectivity index (χ4v) is 5.10. The molecule has 5 rings (SSSR count). The molecule has 0 bridgehead atoms. The quantitative estimate of drug-likeness (QED) is 0.315. The van der Waals surface area contributed by atoms with Gasteiger partial charge in [0, 0.05) is 10.9 Å². The maximum absolute atomic E-state index is 14.0. The molecule has 4 aromatic rings. The second kappa shape index (κ2) is 9.79. The molecule has 1 saturated carbocycles. The number of rotatable bonds is 8. The van der Waals surface area contributed by atoms with Gasteiger partial charge in [-0.3, -0.25) is 9.35 Å². The highest BCUT2D eigenvalue weighted by molar-refractivity contribution is 7.85. The summed E-state index contributed by atoms with van der Waals surface area (Å²) >= 11 is 0. The van der Waals surface area contributed by atoms with Gasteiger partial charge in [-0.1, -0.05) is 60.7 Å². The molecule has 6 nitrogen and oxygen atoms in total. The molecule has 1 amide bonds. The SMILES string of the molecule is O=C(NC(c1cccc(F)c1)C1CC1)c1c(CCS(=O)(=O)O)c(-c2ccccc2)nc2ccccc12. The van der Waals surface area contributed by atoms with Gasteiger partial charge in [-0.25, -0.2) is 9.37 Å². The minimum absolute atomic E-state index is 0.0995. The predicted molar refractivity (Wildman–Crippen MR) is 137 cm³/mol. The van der Waals surface area contributed by atoms with Gasteiger partial charge < -0.3 is 5.32 Å². The lowest BCUT2D eigenvalue weighted by Crippen LogP contribution is -2.31. The second-order valence-corrected chi connectivity index (χ2v) is 10.6. The van der Waals surface area contributed by atoms with Gasteiger partial charge in [0.15, 0.2) is 0 Å². The number of para-hydroxylation sites is 1. The number of halogens is 1. The summed E-state index contributed by atoms with van der Waals surface area (Å²) in [6.45, 7) is 0. The molecule has 3 aromatic carbocycles. The van der Waals surface area contributed by atoms with Gasteiger partial charge in [-0.2, -0.15) is 8.42 Å². The van der Waals surface area contributed by atoms with Crippen LogP contribution in [0.5, 0.6) is 0 Å². The highest BCUT2D eigenvalue weighted by atomic mass is 32.2. The molecule has 0 saturated heterocycles. The lowest BCUT2D eigenvalue weighted by atomic mass is 9.93. The topological polar surface area (TPSA) is 96.4 Å². The number of amides is 1. The Hall–Kier alpha value is -3.62. The van der Waals surface area contributed by atoms with E-state index in [0.717, 1.165) is 18.4 Å². The highest BCUT2D eigenvalue weighted by Crippen LogP contribution is 2.42. The molecule has 1 fully saturated rings. The van der Waals surface area contributed by atoms with Gasteiger partial charge in [0.05, 0.1) is 28.6 Å². The van der Waals surface area contributed by atoms with Crippen molar-refractivity contribution in [1.29, 1.82) is 0 Å². The maximum atomic E-state index is 14.0. The molecule has 1 atom stereocenters. The van der Waals surface area contributed by atoms with Crippen molar-refractivity contribution in [2.45, 2.75) is 25.3 Å². The van der Waals surface area contributed by atoms with E-state index in [1.165, 1.54) is 12.1 Å². The van der Waals surface area contributed by atoms with Gasteiger partial charge in [-0.05, 0) is 54.5 Å². The average molecular weight is 505 g/mol. The Morgan fingerprint density at radius 2 is 1.75 bits per heavy atom. The highest BCUT2D eigenvalue weighted by Gasteiger charge is 2.35. The first-order valence-electron chi connectivity index (χ1n) is 11.8. The molecule has 184 valence electrons. The van der Waals surface area contributed by atoms with Crippen molar-refractivity contribution in [2.24, 2.45) is 5.92 Å². The molecule has 8 heteroatoms. The normalized spacial score (nSPS) is 14.5. The van der Waals surface area contributed by atoms with Crippen LogP contribution in [0.4, 0.5) is 4.39 Å². The molecule has 1 aliphatic carbocycles. The first-order chi connectivity index (χ1) is 17.3. The van der Waals surface area contributed by atoms with Crippen molar-refractivity contribution >= 4 is 26.9 Å². The lowest BCUT2D eigenvalue weighted by Gasteiger charge is -2.22. The van der Waals surface area contributed by atoms with Crippen LogP contribution < -0.4 is 5.32 Å². The smallest absolute Gasteiger partial charge is 0.265 e. The number of fused-ring (bicyclic) bond motifs is 1. The molecule has 0 spiro atoms. The van der Waals surface area contributed by atoms with E-state index in [-0.39, 0.29) is 24.2 Å². The zero-order valence-corrected chi connectivity index (χ0v) is 20.2. The van der Waals surface area contributed by atoms with Gasteiger partial charge in [0.2, 0.25) is 0 Å². The lowest BCUT2D eigenvalue weighted by molar-refractivity contribution is 0.0932. The Kier molecular flexibility index (Phi) is 6.55. The molecule has 36 heavy (non-hydrogen) atoms. The Morgan fingerprint density at radius 1 is 1.03 bits per heavy atom. The minimum atomic E-state index is -4.29. The Morgan fingerprint density at radius 3 is 2.44 bits per heavy atom. The number of hydrogen-bond acceptors (Lipinski definition) is 4. The summed E-state index contributed by atoms with van der Waals surface area (Å²) < 4.78 is 46.9. The summed E-state index contributed by atoms with van der Waals surface area (Å²) in [5, 5.41) is 3.68. The van der Waals surface area contributed by atoms with Crippen LogP contribution in [0.25, 0.3) is 22.2 Å². The summed E-state index contributed by atoms with van der Waals surface area (Å²) in [5.41, 5.74) is 3.23. The Labute approximate surface area is 209 Å². The van der Waals surface area contributed by atoms with Crippen molar-refractivity contribution in [1.82, 2.24) is 10.3 Å². The third kappa shape index (κ3) is 5.29. The van der Waals surface area contributed by atoms with Crippen LogP contribution >= 0.6 is 0 Å². The van der Waals surface area contributed by atoms with E-state index in [0.29, 0.717) is 33.3 Å². The van der Waals surface area contributed by atoms with E-state index in [1.807, 2.05) is 36.4 Å². The number of hydrogen-bond donors (Lipinski definition) is 2. The average Bonchev–Trinajstić information content (AvgIpc) is 3.70. The van der Waals surface area contributed by atoms with Crippen LogP contribution in [0, 0.1) is 11.7 Å². The second-order valence-electron chi connectivity index (χ2n) is 9.08. The van der Waals surface area contributed by atoms with Gasteiger partial charge >= 0.3 is 0 Å². The zero-order chi connectivity index (χ0) is 25.3. The Bertz CT molecular complexity index is 1540. The summed E-state index contributed by atoms with van der Waals surface area (Å²) in [4.78, 5) is 18.7. The molecular formula is C28H25FN2O4S. The van der Waals surface area contributed by atoms with Crippen LogP contribution in [0.1, 0.15) is 40.4 Å². The molecular weight excluding hydrogens is 479 g/mol. The molecule has 1 aliphatic rings. The van der Waals surface area contributed by atoms with Crippen LogP contribution in [-0.2, 0) is 16.5 Å². The van der Waals surface area contributed by atoms with Crippen LogP contribution in [0.3, 0.4) is 0 Å². The van der Waals surface area contributed by atoms with Crippen molar-refractivity contribution in [3.63, 3.8) is 0 Å². The predicted octanol–water partition coefficient (Wildman–Crippen LogP) is 5.35. The van der Waals surface area contributed by atoms with Crippen molar-refractivity contribution < 1.29 is 22.2 Å². The van der Waals surface area contributed by atoms with Gasteiger partial charge in [0.25, 0.3) is 16.0 Å². The van der Waals surface area contributed by atoms with E-state index in [9.17, 15) is 22.2 Å². The Balaban J connectivity index is 1.66. The molecule has 0 radical (unpaired) electrons. The molecule has 0 aliphatic heterocycles. The summed E-state index contributed by atoms with van der Waals surface area (Å²) in [6, 6.07) is 22.3. The standard InChI is InChI=1S/C28H25FN2O4S/c29-21-10-6-9-20(17-21)26(19-13-14-19)31-28(32)25-22-11-4-5-12-24(22)30-27(18-7-2-1-3-8-18)23(25)15-16-36(33,34)35/h1-12,17,19,26H,13-16H2,(H,31,32)(H,33,34,35). The molecule has 1 unspecified atom stereocenters. The third-order valence-electron chi connectivity index (χ3n) is 6.47. The summed E-state index contributed by atoms with van der Waals surface area (Å²) in [5.74, 6) is -1.12. The van der Waals surface area contributed by atoms with E-state index in [2.05, 4.69) is 5.32 Å².